The number of carbonyl (C=O) groups excluding carboxylic acids is 2. The quantitative estimate of drug-likeness (QED) is 0.114. The number of nitrogens with two attached hydrogens (primary N) is 2. The number of aryl methyl sites for hydroxylation is 2. The van der Waals surface area contributed by atoms with Gasteiger partial charge in [0, 0.05) is 22.6 Å². The van der Waals surface area contributed by atoms with Gasteiger partial charge in [0.15, 0.2) is 0 Å². The predicted octanol–water partition coefficient (Wildman–Crippen LogP) is 6.72. The first kappa shape index (κ1) is 37.1. The zero-order valence-corrected chi connectivity index (χ0v) is 27.8. The number of benzene rings is 4. The van der Waals surface area contributed by atoms with Crippen molar-refractivity contribution >= 4 is 41.0 Å². The van der Waals surface area contributed by atoms with Crippen molar-refractivity contribution < 1.29 is 36.6 Å². The maximum Gasteiger partial charge on any atom is 0.416 e. The van der Waals surface area contributed by atoms with E-state index in [1.165, 1.54) is 36.4 Å². The molecule has 0 saturated heterocycles. The molecule has 2 aliphatic rings. The van der Waals surface area contributed by atoms with Gasteiger partial charge in [-0.3, -0.25) is 4.79 Å². The van der Waals surface area contributed by atoms with E-state index in [0.29, 0.717) is 30.2 Å². The van der Waals surface area contributed by atoms with E-state index >= 15 is 0 Å². The molecule has 0 bridgehead atoms. The molecule has 0 aliphatic carbocycles. The minimum Gasteiger partial charge on any atom is -0.463 e. The lowest BCUT2D eigenvalue weighted by Gasteiger charge is -2.10. The van der Waals surface area contributed by atoms with Gasteiger partial charge in [-0.1, -0.05) is 24.3 Å². The van der Waals surface area contributed by atoms with E-state index in [0.717, 1.165) is 48.9 Å². The van der Waals surface area contributed by atoms with Crippen LogP contribution in [0, 0.1) is 5.82 Å². The second kappa shape index (κ2) is 17.2. The van der Waals surface area contributed by atoms with Crippen molar-refractivity contribution in [2.45, 2.75) is 43.9 Å². The maximum atomic E-state index is 12.9. The topological polar surface area (TPSA) is 165 Å². The van der Waals surface area contributed by atoms with Crippen LogP contribution in [0.2, 0.25) is 0 Å². The predicted molar refractivity (Wildman–Crippen MR) is 191 cm³/mol. The zero-order chi connectivity index (χ0) is 37.1. The first-order chi connectivity index (χ1) is 24.9. The number of hydrogen-bond donors (Lipinski definition) is 5. The van der Waals surface area contributed by atoms with Gasteiger partial charge in [-0.2, -0.15) is 13.2 Å². The summed E-state index contributed by atoms with van der Waals surface area (Å²) in [6.07, 6.45) is -1.09. The van der Waals surface area contributed by atoms with Crippen LogP contribution in [0.3, 0.4) is 0 Å². The lowest BCUT2D eigenvalue weighted by Crippen LogP contribution is -2.19. The number of urea groups is 1. The molecule has 0 aromatic heterocycles. The summed E-state index contributed by atoms with van der Waals surface area (Å²) in [5.74, 6) is -0.634. The van der Waals surface area contributed by atoms with Gasteiger partial charge in [0.25, 0.3) is 18.0 Å². The molecule has 3 amide bonds. The molecule has 2 atom stereocenters. The van der Waals surface area contributed by atoms with E-state index < -0.39 is 17.8 Å². The molecule has 2 aliphatic heterocycles. The van der Waals surface area contributed by atoms with Crippen molar-refractivity contribution in [1.82, 2.24) is 0 Å². The Labute approximate surface area is 297 Å². The van der Waals surface area contributed by atoms with E-state index in [1.54, 1.807) is 12.1 Å². The highest BCUT2D eigenvalue weighted by Crippen LogP contribution is 2.30. The van der Waals surface area contributed by atoms with Crippen LogP contribution in [0.4, 0.5) is 39.4 Å². The number of alkyl halides is 3. The summed E-state index contributed by atoms with van der Waals surface area (Å²) in [4.78, 5) is 32.4. The summed E-state index contributed by atoms with van der Waals surface area (Å²) in [6, 6.07) is 24.7. The summed E-state index contributed by atoms with van der Waals surface area (Å²) in [6.45, 7) is 1.03. The van der Waals surface area contributed by atoms with E-state index in [-0.39, 0.29) is 41.5 Å². The van der Waals surface area contributed by atoms with Crippen molar-refractivity contribution in [3.63, 3.8) is 0 Å². The number of aliphatic imine (C=N–C) groups is 2. The highest BCUT2D eigenvalue weighted by atomic mass is 19.4. The van der Waals surface area contributed by atoms with Gasteiger partial charge in [-0.25, -0.2) is 19.2 Å². The van der Waals surface area contributed by atoms with Crippen LogP contribution in [-0.4, -0.2) is 49.3 Å². The number of carbonyl (C=O) groups is 2. The molecular formula is C37H37F4N7O4. The van der Waals surface area contributed by atoms with Crippen molar-refractivity contribution in [2.75, 3.05) is 29.2 Å². The number of nitrogens with one attached hydrogen (secondary N) is 3. The largest absolute Gasteiger partial charge is 0.463 e. The van der Waals surface area contributed by atoms with Gasteiger partial charge >= 0.3 is 12.2 Å². The highest BCUT2D eigenvalue weighted by molar-refractivity contribution is 6.04. The molecule has 4 aromatic rings. The molecule has 0 fully saturated rings. The molecule has 4 aromatic carbocycles. The van der Waals surface area contributed by atoms with Crippen LogP contribution in [-0.2, 0) is 28.5 Å². The second-order valence-corrected chi connectivity index (χ2v) is 12.0. The van der Waals surface area contributed by atoms with Crippen molar-refractivity contribution in [3.8, 4) is 0 Å². The van der Waals surface area contributed by atoms with Gasteiger partial charge in [-0.05, 0) is 110 Å². The average molecular weight is 720 g/mol. The average Bonchev–Trinajstić information content (AvgIpc) is 3.75. The minimum absolute atomic E-state index is 0.0623. The van der Waals surface area contributed by atoms with Crippen LogP contribution in [0.1, 0.15) is 39.9 Å². The number of nitrogens with zero attached hydrogens (tertiary/aromatic N) is 2. The number of halogens is 4. The third kappa shape index (κ3) is 11.5. The van der Waals surface area contributed by atoms with Crippen LogP contribution < -0.4 is 27.4 Å². The maximum absolute atomic E-state index is 12.9. The number of hydrogen-bond acceptors (Lipinski definition) is 8. The fraction of sp³-hybridized carbons (Fsp3) is 0.243. The lowest BCUT2D eigenvalue weighted by molar-refractivity contribution is -0.137. The Kier molecular flexibility index (Phi) is 12.3. The van der Waals surface area contributed by atoms with Crippen molar-refractivity contribution in [1.29, 1.82) is 0 Å². The third-order valence-electron chi connectivity index (χ3n) is 8.00. The van der Waals surface area contributed by atoms with Gasteiger partial charge in [0.1, 0.15) is 19.0 Å². The summed E-state index contributed by atoms with van der Waals surface area (Å²) in [5, 5.41) is 7.92. The van der Waals surface area contributed by atoms with Crippen molar-refractivity contribution in [2.24, 2.45) is 21.5 Å². The Bertz CT molecular complexity index is 1870. The Hall–Kier alpha value is -6.12. The molecule has 52 heavy (non-hydrogen) atoms. The second-order valence-electron chi connectivity index (χ2n) is 12.0. The van der Waals surface area contributed by atoms with Crippen LogP contribution in [0.15, 0.2) is 107 Å². The SMILES string of the molecule is NC1=N[C@@H](CCc2ccc(NC(=O)Nc3ccc(C(F)(F)F)cc3)cc2)CO1.NC1=N[C@@H](CCc2ccc(NC(=O)c3ccc(F)cc3)cc2)CO1. The van der Waals surface area contributed by atoms with Gasteiger partial charge in [0.2, 0.25) is 0 Å². The summed E-state index contributed by atoms with van der Waals surface area (Å²) >= 11 is 0. The summed E-state index contributed by atoms with van der Waals surface area (Å²) < 4.78 is 60.7. The number of amides is 3. The van der Waals surface area contributed by atoms with Crippen LogP contribution in [0.25, 0.3) is 0 Å². The Morgan fingerprint density at radius 2 is 1.08 bits per heavy atom. The van der Waals surface area contributed by atoms with E-state index in [1.807, 2.05) is 36.4 Å². The number of rotatable bonds is 10. The Morgan fingerprint density at radius 1 is 0.654 bits per heavy atom. The van der Waals surface area contributed by atoms with Gasteiger partial charge in [-0.15, -0.1) is 0 Å². The number of anilines is 3. The van der Waals surface area contributed by atoms with Crippen molar-refractivity contribution in [3.05, 3.63) is 125 Å². The molecule has 0 saturated carbocycles. The standard InChI is InChI=1S/C19H19F3N4O2.C18H18FN3O2/c20-19(21,22)13-4-9-15(10-5-13)26-18(27)25-14-6-1-12(2-7-14)3-8-16-11-28-17(23)24-16;19-14-6-4-13(5-7-14)17(23)21-15-8-1-12(2-9-15)3-10-16-11-24-18(20)22-16/h1-2,4-7,9-10,16H,3,8,11H2,(H2,23,24)(H2,25,26,27);1-2,4-9,16H,3,10-11H2,(H2,20,22)(H,21,23)/t2*16-/m00/s1. The van der Waals surface area contributed by atoms with Crippen LogP contribution in [0.5, 0.6) is 0 Å². The molecule has 272 valence electrons. The first-order valence-electron chi connectivity index (χ1n) is 16.3. The zero-order valence-electron chi connectivity index (χ0n) is 27.8. The Balaban J connectivity index is 0.000000203. The molecule has 7 N–H and O–H groups in total. The summed E-state index contributed by atoms with van der Waals surface area (Å²) in [5.41, 5.74) is 14.4. The molecule has 2 heterocycles. The minimum atomic E-state index is -4.41. The fourth-order valence-electron chi connectivity index (χ4n) is 5.18. The number of amidine groups is 2. The van der Waals surface area contributed by atoms with Crippen LogP contribution >= 0.6 is 0 Å². The molecule has 11 nitrogen and oxygen atoms in total. The molecule has 6 rings (SSSR count). The van der Waals surface area contributed by atoms with E-state index in [2.05, 4.69) is 25.9 Å². The lowest BCUT2D eigenvalue weighted by atomic mass is 10.1. The third-order valence-corrected chi connectivity index (χ3v) is 8.00. The van der Waals surface area contributed by atoms with E-state index in [9.17, 15) is 27.2 Å². The van der Waals surface area contributed by atoms with Gasteiger partial charge < -0.3 is 36.9 Å². The smallest absolute Gasteiger partial charge is 0.416 e. The summed E-state index contributed by atoms with van der Waals surface area (Å²) in [7, 11) is 0. The molecule has 0 radical (unpaired) electrons. The molecular weight excluding hydrogens is 682 g/mol. The monoisotopic (exact) mass is 719 g/mol. The van der Waals surface area contributed by atoms with E-state index in [4.69, 9.17) is 20.9 Å². The Morgan fingerprint density at radius 3 is 1.48 bits per heavy atom. The normalized spacial score (nSPS) is 16.3. The molecule has 0 spiro atoms. The number of ether oxygens (including phenoxy) is 2. The fourth-order valence-corrected chi connectivity index (χ4v) is 5.18. The van der Waals surface area contributed by atoms with Gasteiger partial charge in [0.05, 0.1) is 17.6 Å². The molecule has 0 unspecified atom stereocenters. The molecule has 15 heteroatoms. The first-order valence-corrected chi connectivity index (χ1v) is 16.3. The highest BCUT2D eigenvalue weighted by Gasteiger charge is 2.30.